The molecule has 0 radical (unpaired) electrons. The summed E-state index contributed by atoms with van der Waals surface area (Å²) in [4.78, 5) is 10.8. The largest absolute Gasteiger partial charge is 0.318 e. The van der Waals surface area contributed by atoms with E-state index < -0.39 is 6.04 Å². The molecule has 0 amide bonds. The second-order valence-corrected chi connectivity index (χ2v) is 3.76. The lowest BCUT2D eigenvalue weighted by molar-refractivity contribution is -0.118. The van der Waals surface area contributed by atoms with Crippen molar-refractivity contribution in [1.29, 1.82) is 0 Å². The molecule has 0 saturated heterocycles. The summed E-state index contributed by atoms with van der Waals surface area (Å²) in [5, 5.41) is 1.82. The zero-order valence-corrected chi connectivity index (χ0v) is 7.58. The van der Waals surface area contributed by atoms with Gasteiger partial charge in [-0.3, -0.25) is 4.79 Å². The van der Waals surface area contributed by atoms with Crippen molar-refractivity contribution in [2.24, 2.45) is 5.73 Å². The minimum atomic E-state index is -0.561. The summed E-state index contributed by atoms with van der Waals surface area (Å²) in [5.41, 5.74) is 6.28. The van der Waals surface area contributed by atoms with Gasteiger partial charge in [0.1, 0.15) is 0 Å². The lowest BCUT2D eigenvalue weighted by Crippen LogP contribution is -2.17. The maximum absolute atomic E-state index is 10.8. The highest BCUT2D eigenvalue weighted by Gasteiger charge is 2.14. The van der Waals surface area contributed by atoms with Crippen molar-refractivity contribution in [3.05, 3.63) is 21.3 Å². The van der Waals surface area contributed by atoms with Gasteiger partial charge in [0, 0.05) is 5.56 Å². The van der Waals surface area contributed by atoms with Gasteiger partial charge in [-0.25, -0.2) is 0 Å². The highest BCUT2D eigenvalue weighted by Crippen LogP contribution is 2.27. The minimum absolute atomic E-state index is 0.0645. The van der Waals surface area contributed by atoms with E-state index in [0.717, 1.165) is 5.56 Å². The first-order valence-electron chi connectivity index (χ1n) is 3.12. The number of Topliss-reactive ketones (excluding diaryl/α,β-unsaturated/α-hetero) is 1. The van der Waals surface area contributed by atoms with E-state index in [2.05, 4.69) is 0 Å². The molecule has 11 heavy (non-hydrogen) atoms. The van der Waals surface area contributed by atoms with Crippen LogP contribution < -0.4 is 5.73 Å². The molecule has 0 aromatic carbocycles. The highest BCUT2D eigenvalue weighted by atomic mass is 35.5. The number of hydrogen-bond acceptors (Lipinski definition) is 3. The van der Waals surface area contributed by atoms with Crippen LogP contribution in [0.15, 0.2) is 11.4 Å². The Bertz CT molecular complexity index is 271. The van der Waals surface area contributed by atoms with Crippen molar-refractivity contribution < 1.29 is 4.79 Å². The summed E-state index contributed by atoms with van der Waals surface area (Å²) < 4.78 is 0.604. The van der Waals surface area contributed by atoms with Crippen molar-refractivity contribution in [2.45, 2.75) is 13.0 Å². The van der Waals surface area contributed by atoms with E-state index in [1.807, 2.05) is 5.38 Å². The van der Waals surface area contributed by atoms with Gasteiger partial charge in [0.15, 0.2) is 5.78 Å². The Labute approximate surface area is 74.0 Å². The van der Waals surface area contributed by atoms with E-state index in [-0.39, 0.29) is 5.78 Å². The lowest BCUT2D eigenvalue weighted by atomic mass is 10.1. The van der Waals surface area contributed by atoms with E-state index in [9.17, 15) is 4.79 Å². The number of rotatable bonds is 2. The van der Waals surface area contributed by atoms with Gasteiger partial charge in [-0.2, -0.15) is 0 Å². The molecule has 0 aliphatic rings. The van der Waals surface area contributed by atoms with E-state index in [4.69, 9.17) is 17.3 Å². The fraction of sp³-hybridized carbons (Fsp3) is 0.286. The standard InChI is InChI=1S/C7H8ClNOS/c1-4(10)6(9)5-2-3-11-7(5)8/h2-3,6H,9H2,1H3. The van der Waals surface area contributed by atoms with Crippen LogP contribution in [0.4, 0.5) is 0 Å². The van der Waals surface area contributed by atoms with Crippen LogP contribution in [0.1, 0.15) is 18.5 Å². The van der Waals surface area contributed by atoms with Gasteiger partial charge in [-0.15, -0.1) is 11.3 Å². The van der Waals surface area contributed by atoms with Crippen molar-refractivity contribution in [2.75, 3.05) is 0 Å². The molecule has 2 N–H and O–H groups in total. The van der Waals surface area contributed by atoms with Crippen LogP contribution in [0, 0.1) is 0 Å². The quantitative estimate of drug-likeness (QED) is 0.773. The predicted molar refractivity (Wildman–Crippen MR) is 46.9 cm³/mol. The fourth-order valence-electron chi connectivity index (χ4n) is 0.746. The van der Waals surface area contributed by atoms with Crippen molar-refractivity contribution in [3.8, 4) is 0 Å². The first-order chi connectivity index (χ1) is 5.13. The van der Waals surface area contributed by atoms with Gasteiger partial charge < -0.3 is 5.73 Å². The number of hydrogen-bond donors (Lipinski definition) is 1. The van der Waals surface area contributed by atoms with E-state index in [1.54, 1.807) is 6.07 Å². The molecule has 4 heteroatoms. The summed E-state index contributed by atoms with van der Waals surface area (Å²) in [6.07, 6.45) is 0. The second-order valence-electron chi connectivity index (χ2n) is 2.24. The molecule has 1 rings (SSSR count). The zero-order valence-electron chi connectivity index (χ0n) is 6.00. The van der Waals surface area contributed by atoms with Crippen LogP contribution in [-0.2, 0) is 4.79 Å². The van der Waals surface area contributed by atoms with Gasteiger partial charge in [-0.1, -0.05) is 11.6 Å². The Kier molecular flexibility index (Phi) is 2.65. The van der Waals surface area contributed by atoms with E-state index in [0.29, 0.717) is 4.34 Å². The molecule has 0 spiro atoms. The van der Waals surface area contributed by atoms with Gasteiger partial charge >= 0.3 is 0 Å². The summed E-state index contributed by atoms with van der Waals surface area (Å²) in [7, 11) is 0. The van der Waals surface area contributed by atoms with Crippen LogP contribution >= 0.6 is 22.9 Å². The number of carbonyl (C=O) groups is 1. The van der Waals surface area contributed by atoms with Gasteiger partial charge in [-0.05, 0) is 18.4 Å². The number of nitrogens with two attached hydrogens (primary N) is 1. The molecule has 60 valence electrons. The average molecular weight is 190 g/mol. The zero-order chi connectivity index (χ0) is 8.43. The molecule has 1 aromatic rings. The first-order valence-corrected chi connectivity index (χ1v) is 4.37. The Balaban J connectivity index is 2.92. The molecule has 1 atom stereocenters. The SMILES string of the molecule is CC(=O)C(N)c1ccsc1Cl. The molecule has 0 bridgehead atoms. The van der Waals surface area contributed by atoms with Crippen LogP contribution in [0.5, 0.6) is 0 Å². The third-order valence-electron chi connectivity index (χ3n) is 1.42. The molecule has 1 unspecified atom stereocenters. The Morgan fingerprint density at radius 2 is 2.45 bits per heavy atom. The summed E-state index contributed by atoms with van der Waals surface area (Å²) in [5.74, 6) is -0.0645. The second kappa shape index (κ2) is 3.34. The maximum atomic E-state index is 10.8. The topological polar surface area (TPSA) is 43.1 Å². The molecule has 0 saturated carbocycles. The maximum Gasteiger partial charge on any atom is 0.151 e. The van der Waals surface area contributed by atoms with Crippen molar-refractivity contribution >= 4 is 28.7 Å². The van der Waals surface area contributed by atoms with Gasteiger partial charge in [0.05, 0.1) is 10.4 Å². The molecule has 0 fully saturated rings. The Morgan fingerprint density at radius 3 is 2.82 bits per heavy atom. The minimum Gasteiger partial charge on any atom is -0.318 e. The fourth-order valence-corrected chi connectivity index (χ4v) is 1.75. The molecule has 0 aliphatic carbocycles. The summed E-state index contributed by atoms with van der Waals surface area (Å²) >= 11 is 7.15. The number of ketones is 1. The van der Waals surface area contributed by atoms with E-state index in [1.165, 1.54) is 18.3 Å². The first kappa shape index (κ1) is 8.71. The monoisotopic (exact) mass is 189 g/mol. The van der Waals surface area contributed by atoms with Crippen molar-refractivity contribution in [3.63, 3.8) is 0 Å². The molecule has 2 nitrogen and oxygen atoms in total. The summed E-state index contributed by atoms with van der Waals surface area (Å²) in [6, 6.07) is 1.22. The molecule has 1 aromatic heterocycles. The predicted octanol–water partition coefficient (Wildman–Crippen LogP) is 1.99. The smallest absolute Gasteiger partial charge is 0.151 e. The van der Waals surface area contributed by atoms with Crippen LogP contribution in [0.2, 0.25) is 4.34 Å². The third kappa shape index (κ3) is 1.80. The highest BCUT2D eigenvalue weighted by molar-refractivity contribution is 7.14. The van der Waals surface area contributed by atoms with Gasteiger partial charge in [0.25, 0.3) is 0 Å². The normalized spacial score (nSPS) is 13.0. The number of thiophene rings is 1. The number of halogens is 1. The Hall–Kier alpha value is -0.380. The van der Waals surface area contributed by atoms with Crippen molar-refractivity contribution in [1.82, 2.24) is 0 Å². The Morgan fingerprint density at radius 1 is 1.82 bits per heavy atom. The van der Waals surface area contributed by atoms with Crippen LogP contribution in [0.25, 0.3) is 0 Å². The van der Waals surface area contributed by atoms with Crippen LogP contribution in [-0.4, -0.2) is 5.78 Å². The van der Waals surface area contributed by atoms with Gasteiger partial charge in [0.2, 0.25) is 0 Å². The van der Waals surface area contributed by atoms with Crippen LogP contribution in [0.3, 0.4) is 0 Å². The summed E-state index contributed by atoms with van der Waals surface area (Å²) in [6.45, 7) is 1.46. The molecular weight excluding hydrogens is 182 g/mol. The molecular formula is C7H8ClNOS. The molecule has 1 heterocycles. The molecule has 0 aliphatic heterocycles. The van der Waals surface area contributed by atoms with E-state index >= 15 is 0 Å². The average Bonchev–Trinajstić information content (AvgIpc) is 2.33. The lowest BCUT2D eigenvalue weighted by Gasteiger charge is -2.04. The third-order valence-corrected chi connectivity index (χ3v) is 2.62. The number of carbonyl (C=O) groups excluding carboxylic acids is 1.